The van der Waals surface area contributed by atoms with Gasteiger partial charge in [0.15, 0.2) is 69.9 Å². The van der Waals surface area contributed by atoms with Crippen LogP contribution in [0.5, 0.6) is 57.5 Å². The van der Waals surface area contributed by atoms with Crippen molar-refractivity contribution >= 4 is 11.9 Å². The second kappa shape index (κ2) is 37.7. The van der Waals surface area contributed by atoms with Gasteiger partial charge in [0.05, 0.1) is 107 Å². The number of phenols is 8. The Morgan fingerprint density at radius 2 is 0.512 bits per heavy atom. The lowest BCUT2D eigenvalue weighted by Gasteiger charge is -2.12. The van der Waals surface area contributed by atoms with Gasteiger partial charge in [-0.05, 0) is 189 Å². The third kappa shape index (κ3) is 18.9. The van der Waals surface area contributed by atoms with Crippen LogP contribution in [0.25, 0.3) is 137 Å². The van der Waals surface area contributed by atoms with E-state index >= 15 is 0 Å². The Labute approximate surface area is 703 Å². The summed E-state index contributed by atoms with van der Waals surface area (Å²) in [5, 5.41) is 101. The van der Waals surface area contributed by atoms with Crippen LogP contribution >= 0.6 is 0 Å². The molecule has 16 aromatic rings. The number of hydrogen-bond acceptors (Lipinski definition) is 28. The number of para-hydroxylation sites is 8. The SMILES string of the molecule is COC(=O)c1ccc(-c2nc(-c3ccccc3O)nc(-c3ccccc3O)n2)cc1C.COC(=O)c1ccc(-c2nc(-c3ccccc3O)nc(-c3ccccc3O)n2)cc1OC.COc1cc(C#N)ccc1-c1nc(-c2ccccc2O)nc(-c2ccccc2O)n1.Cc1cc(-c2nc(-c3ccccc3O)nc(-c3ccccc3O)n2)cc(C)c1C#N. The second-order valence-electron chi connectivity index (χ2n) is 26.9. The molecule has 0 saturated heterocycles. The van der Waals surface area contributed by atoms with Gasteiger partial charge in [-0.2, -0.15) is 10.5 Å². The highest BCUT2D eigenvalue weighted by Gasteiger charge is 2.25. The number of ether oxygens (including phenoxy) is 4. The number of aromatic nitrogens is 12. The smallest absolute Gasteiger partial charge is 0.341 e. The van der Waals surface area contributed by atoms with E-state index in [4.69, 9.17) is 24.2 Å². The van der Waals surface area contributed by atoms with Gasteiger partial charge in [0, 0.05) is 16.7 Å². The number of nitrogens with zero attached hydrogens (tertiary/aromatic N) is 14. The van der Waals surface area contributed by atoms with Crippen LogP contribution < -0.4 is 9.47 Å². The summed E-state index contributed by atoms with van der Waals surface area (Å²) >= 11 is 0. The largest absolute Gasteiger partial charge is 0.507 e. The zero-order chi connectivity index (χ0) is 87.0. The van der Waals surface area contributed by atoms with Gasteiger partial charge in [-0.3, -0.25) is 0 Å². The Morgan fingerprint density at radius 1 is 0.260 bits per heavy atom. The van der Waals surface area contributed by atoms with Crippen LogP contribution in [-0.4, -0.2) is 141 Å². The molecule has 0 aliphatic rings. The normalized spacial score (nSPS) is 10.5. The van der Waals surface area contributed by atoms with Gasteiger partial charge in [0.1, 0.15) is 63.1 Å². The number of benzene rings is 12. The van der Waals surface area contributed by atoms with Gasteiger partial charge < -0.3 is 59.8 Å². The average molecular weight is 1630 g/mol. The van der Waals surface area contributed by atoms with Gasteiger partial charge in [-0.25, -0.2) is 69.4 Å². The van der Waals surface area contributed by atoms with Crippen LogP contribution in [0.3, 0.4) is 0 Å². The predicted octanol–water partition coefficient (Wildman–Crippen LogP) is 17.4. The molecule has 0 saturated carbocycles. The molecule has 0 bridgehead atoms. The minimum absolute atomic E-state index is 0.00602. The van der Waals surface area contributed by atoms with Crippen molar-refractivity contribution in [2.75, 3.05) is 28.4 Å². The van der Waals surface area contributed by atoms with E-state index in [0.29, 0.717) is 107 Å². The number of aromatic hydroxyl groups is 8. The summed E-state index contributed by atoms with van der Waals surface area (Å²) in [5.41, 5.74) is 10.0. The van der Waals surface area contributed by atoms with Crippen molar-refractivity contribution in [1.29, 1.82) is 10.5 Å². The summed E-state index contributed by atoms with van der Waals surface area (Å²) in [6.45, 7) is 5.53. The first-order chi connectivity index (χ1) is 59.6. The van der Waals surface area contributed by atoms with Crippen LogP contribution in [0, 0.1) is 43.4 Å². The summed E-state index contributed by atoms with van der Waals surface area (Å²) in [7, 11) is 5.56. The van der Waals surface area contributed by atoms with Crippen molar-refractivity contribution in [3.63, 3.8) is 0 Å². The number of esters is 2. The van der Waals surface area contributed by atoms with E-state index in [0.717, 1.165) is 16.7 Å². The number of phenolic OH excluding ortho intramolecular Hbond substituents is 8. The molecule has 0 atom stereocenters. The highest BCUT2D eigenvalue weighted by molar-refractivity contribution is 5.94. The quantitative estimate of drug-likeness (QED) is 0.0416. The zero-order valence-electron chi connectivity index (χ0n) is 66.6. The van der Waals surface area contributed by atoms with Crippen molar-refractivity contribution in [2.45, 2.75) is 20.8 Å². The average Bonchev–Trinajstić information content (AvgIpc) is 0.792. The summed E-state index contributed by atoms with van der Waals surface area (Å²) < 4.78 is 20.4. The molecule has 4 heterocycles. The van der Waals surface area contributed by atoms with E-state index in [-0.39, 0.29) is 110 Å². The van der Waals surface area contributed by atoms with Gasteiger partial charge in [-0.15, -0.1) is 0 Å². The molecule has 16 rings (SSSR count). The maximum atomic E-state index is 12.0. The lowest BCUT2D eigenvalue weighted by molar-refractivity contribution is 0.0589. The summed E-state index contributed by atoms with van der Waals surface area (Å²) in [4.78, 5) is 78.2. The van der Waals surface area contributed by atoms with Crippen molar-refractivity contribution in [1.82, 2.24) is 59.8 Å². The molecule has 0 unspecified atom stereocenters. The number of carbonyl (C=O) groups excluding carboxylic acids is 2. The minimum atomic E-state index is -0.533. The first kappa shape index (κ1) is 83.5. The third-order valence-corrected chi connectivity index (χ3v) is 18.9. The van der Waals surface area contributed by atoms with E-state index in [1.165, 1.54) is 40.6 Å². The standard InChI is InChI=1S/C24H18N4O2.C24H19N3O5.C24H19N3O4.C23H16N4O3/c1-14-11-16(12-15(2)19(14)13-25)22-26-23(17-7-3-5-9-20(17)29)28-24(27-22)18-8-4-6-10-21(18)30;1-31-20-13-14(11-12-17(20)24(30)32-2)21-25-22(15-7-3-5-9-18(15)28)27-23(26-21)16-8-4-6-10-19(16)29;1-14-13-15(11-12-16(14)24(30)31-2)21-25-22(17-7-3-5-9-19(17)28)27-23(26-21)18-8-4-6-10-20(18)29;1-30-20-12-14(13-24)10-11-17(20)23-26-21(15-6-2-4-8-18(15)28)25-22(27-23)16-7-3-5-9-19(16)29/h3-12,29-30H,1-2H3;3-13,28-29H,1-2H3;3-13,28-29H,1-2H3;2-12,28-29H,1H3. The van der Waals surface area contributed by atoms with E-state index in [1.54, 1.807) is 244 Å². The predicted molar refractivity (Wildman–Crippen MR) is 457 cm³/mol. The monoisotopic (exact) mass is 1630 g/mol. The molecule has 0 fully saturated rings. The molecule has 123 heavy (non-hydrogen) atoms. The fourth-order valence-corrected chi connectivity index (χ4v) is 12.7. The molecule has 0 aliphatic carbocycles. The molecule has 28 heteroatoms. The topological polar surface area (TPSA) is 435 Å². The number of rotatable bonds is 16. The Balaban J connectivity index is 0.000000141. The fraction of sp³-hybridized carbons (Fsp3) is 0.0737. The van der Waals surface area contributed by atoms with Crippen LogP contribution in [-0.2, 0) is 9.47 Å². The Bertz CT molecular complexity index is 6520. The summed E-state index contributed by atoms with van der Waals surface area (Å²) in [6.07, 6.45) is 0. The highest BCUT2D eigenvalue weighted by atomic mass is 16.5. The summed E-state index contributed by atoms with van der Waals surface area (Å²) in [6, 6.07) is 76.7. The second-order valence-corrected chi connectivity index (χ2v) is 26.9. The van der Waals surface area contributed by atoms with Gasteiger partial charge in [0.25, 0.3) is 0 Å². The number of nitriles is 2. The molecule has 4 aromatic heterocycles. The lowest BCUT2D eigenvalue weighted by Crippen LogP contribution is -2.05. The molecule has 0 radical (unpaired) electrons. The molecule has 8 N–H and O–H groups in total. The number of aryl methyl sites for hydroxylation is 3. The Kier molecular flexibility index (Phi) is 25.6. The minimum Gasteiger partial charge on any atom is -0.507 e. The molecular weight excluding hydrogens is 1560 g/mol. The van der Waals surface area contributed by atoms with Crippen molar-refractivity contribution in [3.8, 4) is 206 Å². The van der Waals surface area contributed by atoms with Gasteiger partial charge in [0.2, 0.25) is 0 Å². The van der Waals surface area contributed by atoms with Gasteiger partial charge >= 0.3 is 11.9 Å². The zero-order valence-corrected chi connectivity index (χ0v) is 66.6. The van der Waals surface area contributed by atoms with Crippen LogP contribution in [0.2, 0.25) is 0 Å². The molecular formula is C95H72N14O14. The molecule has 0 amide bonds. The molecule has 12 aromatic carbocycles. The van der Waals surface area contributed by atoms with E-state index in [1.807, 2.05) is 26.0 Å². The fourth-order valence-electron chi connectivity index (χ4n) is 12.7. The van der Waals surface area contributed by atoms with Crippen LogP contribution in [0.4, 0.5) is 0 Å². The molecule has 606 valence electrons. The first-order valence-electron chi connectivity index (χ1n) is 37.4. The van der Waals surface area contributed by atoms with Crippen molar-refractivity contribution in [3.05, 3.63) is 300 Å². The number of hydrogen-bond donors (Lipinski definition) is 8. The van der Waals surface area contributed by atoms with Crippen molar-refractivity contribution < 1.29 is 69.4 Å². The Hall–Kier alpha value is -17.4. The molecule has 0 aliphatic heterocycles. The summed E-state index contributed by atoms with van der Waals surface area (Å²) in [5.74, 6) is 3.25. The highest BCUT2D eigenvalue weighted by Crippen LogP contribution is 2.40. The van der Waals surface area contributed by atoms with E-state index in [2.05, 4.69) is 71.9 Å². The van der Waals surface area contributed by atoms with Crippen LogP contribution in [0.1, 0.15) is 48.5 Å². The maximum absolute atomic E-state index is 12.0. The lowest BCUT2D eigenvalue weighted by atomic mass is 10.00. The van der Waals surface area contributed by atoms with Gasteiger partial charge in [-0.1, -0.05) is 109 Å². The maximum Gasteiger partial charge on any atom is 0.341 e. The third-order valence-electron chi connectivity index (χ3n) is 18.9. The molecule has 0 spiro atoms. The number of methoxy groups -OCH3 is 4. The van der Waals surface area contributed by atoms with Crippen molar-refractivity contribution in [2.24, 2.45) is 0 Å². The van der Waals surface area contributed by atoms with Crippen LogP contribution in [0.15, 0.2) is 261 Å². The van der Waals surface area contributed by atoms with E-state index < -0.39 is 11.9 Å². The number of carbonyl (C=O) groups is 2. The van der Waals surface area contributed by atoms with E-state index in [9.17, 15) is 55.7 Å². The molecule has 28 nitrogen and oxygen atoms in total. The Morgan fingerprint density at radius 3 is 0.780 bits per heavy atom. The first-order valence-corrected chi connectivity index (χ1v) is 37.4.